The molecule has 1 saturated heterocycles. The zero-order valence-electron chi connectivity index (χ0n) is 11.2. The fourth-order valence-electron chi connectivity index (χ4n) is 2.23. The van der Waals surface area contributed by atoms with Gasteiger partial charge in [-0.3, -0.25) is 4.79 Å². The van der Waals surface area contributed by atoms with Crippen molar-refractivity contribution in [2.45, 2.75) is 33.2 Å². The number of rotatable bonds is 3. The lowest BCUT2D eigenvalue weighted by Gasteiger charge is -2.33. The van der Waals surface area contributed by atoms with Crippen LogP contribution < -0.4 is 10.2 Å². The van der Waals surface area contributed by atoms with Crippen LogP contribution in [0, 0.1) is 6.92 Å². The van der Waals surface area contributed by atoms with Crippen molar-refractivity contribution in [1.29, 1.82) is 0 Å². The van der Waals surface area contributed by atoms with Crippen LogP contribution in [0.5, 0.6) is 0 Å². The quantitative estimate of drug-likeness (QED) is 0.814. The summed E-state index contributed by atoms with van der Waals surface area (Å²) in [5, 5.41) is 3.46. The molecule has 5 nitrogen and oxygen atoms in total. The van der Waals surface area contributed by atoms with Crippen molar-refractivity contribution in [3.8, 4) is 0 Å². The number of hydrogen-bond acceptors (Lipinski definition) is 5. The molecule has 1 atom stereocenters. The predicted molar refractivity (Wildman–Crippen MR) is 71.1 cm³/mol. The summed E-state index contributed by atoms with van der Waals surface area (Å²) in [7, 11) is 0. The molecule has 18 heavy (non-hydrogen) atoms. The van der Waals surface area contributed by atoms with E-state index in [9.17, 15) is 4.79 Å². The molecule has 2 rings (SSSR count). The number of Topliss-reactive ketones (excluding diaryl/α,β-unsaturated/α-hetero) is 1. The van der Waals surface area contributed by atoms with Gasteiger partial charge in [0.25, 0.3) is 0 Å². The molecule has 0 aliphatic carbocycles. The minimum atomic E-state index is 0.0193. The van der Waals surface area contributed by atoms with Gasteiger partial charge in [0.1, 0.15) is 0 Å². The number of nitrogens with zero attached hydrogens (tertiary/aromatic N) is 3. The van der Waals surface area contributed by atoms with Gasteiger partial charge in [0, 0.05) is 31.9 Å². The fourth-order valence-corrected chi connectivity index (χ4v) is 2.23. The summed E-state index contributed by atoms with van der Waals surface area (Å²) in [6.45, 7) is 8.37. The highest BCUT2D eigenvalue weighted by molar-refractivity contribution is 5.94. The van der Waals surface area contributed by atoms with Gasteiger partial charge in [-0.2, -0.15) is 0 Å². The van der Waals surface area contributed by atoms with Crippen LogP contribution in [0.15, 0.2) is 6.20 Å². The predicted octanol–water partition coefficient (Wildman–Crippen LogP) is 1.18. The third kappa shape index (κ3) is 2.67. The first-order valence-electron chi connectivity index (χ1n) is 6.44. The highest BCUT2D eigenvalue weighted by Gasteiger charge is 2.20. The second-order valence-corrected chi connectivity index (χ2v) is 4.73. The molecule has 0 radical (unpaired) electrons. The Bertz CT molecular complexity index is 447. The van der Waals surface area contributed by atoms with Gasteiger partial charge in [-0.25, -0.2) is 9.97 Å². The van der Waals surface area contributed by atoms with Crippen LogP contribution in [0.3, 0.4) is 0 Å². The Morgan fingerprint density at radius 1 is 1.61 bits per heavy atom. The maximum atomic E-state index is 11.3. The van der Waals surface area contributed by atoms with E-state index in [0.29, 0.717) is 11.6 Å². The topological polar surface area (TPSA) is 58.1 Å². The number of carbonyl (C=O) groups excluding carboxylic acids is 1. The molecule has 5 heteroatoms. The van der Waals surface area contributed by atoms with Crippen LogP contribution in [-0.4, -0.2) is 41.4 Å². The highest BCUT2D eigenvalue weighted by Crippen LogP contribution is 2.14. The Balaban J connectivity index is 2.18. The molecule has 0 amide bonds. The number of aryl methyl sites for hydroxylation is 1. The summed E-state index contributed by atoms with van der Waals surface area (Å²) in [4.78, 5) is 22.3. The van der Waals surface area contributed by atoms with E-state index in [1.54, 1.807) is 13.1 Å². The molecular formula is C13H20N4O. The second kappa shape index (κ2) is 5.44. The standard InChI is InChI=1S/C13H20N4O/c1-4-11-8-17(6-5-14-11)13-15-7-12(10(3)18)9(2)16-13/h7,11,14H,4-6,8H2,1-3H3. The van der Waals surface area contributed by atoms with Gasteiger partial charge in [-0.15, -0.1) is 0 Å². The number of aromatic nitrogens is 2. The Morgan fingerprint density at radius 2 is 2.39 bits per heavy atom. The number of nitrogens with one attached hydrogen (secondary N) is 1. The molecule has 1 N–H and O–H groups in total. The van der Waals surface area contributed by atoms with Crippen molar-refractivity contribution >= 4 is 11.7 Å². The monoisotopic (exact) mass is 248 g/mol. The summed E-state index contributed by atoms with van der Waals surface area (Å²) < 4.78 is 0. The molecule has 98 valence electrons. The van der Waals surface area contributed by atoms with Crippen molar-refractivity contribution in [3.05, 3.63) is 17.5 Å². The van der Waals surface area contributed by atoms with Crippen LogP contribution in [0.1, 0.15) is 36.3 Å². The summed E-state index contributed by atoms with van der Waals surface area (Å²) in [5.74, 6) is 0.753. The molecule has 1 fully saturated rings. The van der Waals surface area contributed by atoms with Crippen LogP contribution >= 0.6 is 0 Å². The Hall–Kier alpha value is -1.49. The molecule has 1 aromatic heterocycles. The second-order valence-electron chi connectivity index (χ2n) is 4.73. The molecule has 0 saturated carbocycles. The first-order valence-corrected chi connectivity index (χ1v) is 6.44. The van der Waals surface area contributed by atoms with Gasteiger partial charge in [-0.1, -0.05) is 6.92 Å². The van der Waals surface area contributed by atoms with E-state index in [0.717, 1.165) is 37.7 Å². The van der Waals surface area contributed by atoms with E-state index in [2.05, 4.69) is 27.1 Å². The van der Waals surface area contributed by atoms with Crippen molar-refractivity contribution in [2.75, 3.05) is 24.5 Å². The first-order chi connectivity index (χ1) is 8.61. The van der Waals surface area contributed by atoms with Gasteiger partial charge in [0.15, 0.2) is 5.78 Å². The maximum Gasteiger partial charge on any atom is 0.225 e. The number of hydrogen-bond donors (Lipinski definition) is 1. The van der Waals surface area contributed by atoms with E-state index >= 15 is 0 Å². The molecule has 0 aromatic carbocycles. The summed E-state index contributed by atoms with van der Waals surface area (Å²) in [6.07, 6.45) is 2.74. The number of piperazine rings is 1. The van der Waals surface area contributed by atoms with Crippen LogP contribution in [-0.2, 0) is 0 Å². The van der Waals surface area contributed by atoms with Gasteiger partial charge in [0.2, 0.25) is 5.95 Å². The number of ketones is 1. The Labute approximate surface area is 108 Å². The van der Waals surface area contributed by atoms with Gasteiger partial charge in [0.05, 0.1) is 11.3 Å². The minimum absolute atomic E-state index is 0.0193. The SMILES string of the molecule is CCC1CN(c2ncc(C(C)=O)c(C)n2)CCN1. The van der Waals surface area contributed by atoms with Crippen LogP contribution in [0.25, 0.3) is 0 Å². The van der Waals surface area contributed by atoms with Crippen molar-refractivity contribution in [1.82, 2.24) is 15.3 Å². The van der Waals surface area contributed by atoms with Gasteiger partial charge >= 0.3 is 0 Å². The summed E-state index contributed by atoms with van der Waals surface area (Å²) in [6, 6.07) is 0.495. The third-order valence-electron chi connectivity index (χ3n) is 3.38. The molecule has 0 spiro atoms. The van der Waals surface area contributed by atoms with E-state index in [-0.39, 0.29) is 5.78 Å². The number of carbonyl (C=O) groups is 1. The van der Waals surface area contributed by atoms with Crippen LogP contribution in [0.2, 0.25) is 0 Å². The van der Waals surface area contributed by atoms with Gasteiger partial charge in [-0.05, 0) is 20.3 Å². The van der Waals surface area contributed by atoms with E-state index in [4.69, 9.17) is 0 Å². The Kier molecular flexibility index (Phi) is 3.91. The molecule has 0 bridgehead atoms. The fraction of sp³-hybridized carbons (Fsp3) is 0.615. The molecule has 1 unspecified atom stereocenters. The molecular weight excluding hydrogens is 228 g/mol. The average Bonchev–Trinajstić information content (AvgIpc) is 2.38. The molecule has 1 aromatic rings. The van der Waals surface area contributed by atoms with Crippen LogP contribution in [0.4, 0.5) is 5.95 Å². The largest absolute Gasteiger partial charge is 0.338 e. The zero-order chi connectivity index (χ0) is 13.1. The lowest BCUT2D eigenvalue weighted by Crippen LogP contribution is -2.51. The molecule has 1 aliphatic heterocycles. The molecule has 1 aliphatic rings. The van der Waals surface area contributed by atoms with E-state index in [1.165, 1.54) is 0 Å². The normalized spacial score (nSPS) is 19.9. The Morgan fingerprint density at radius 3 is 3.00 bits per heavy atom. The van der Waals surface area contributed by atoms with Gasteiger partial charge < -0.3 is 10.2 Å². The maximum absolute atomic E-state index is 11.3. The average molecular weight is 248 g/mol. The zero-order valence-corrected chi connectivity index (χ0v) is 11.2. The van der Waals surface area contributed by atoms with Crippen molar-refractivity contribution in [2.24, 2.45) is 0 Å². The smallest absolute Gasteiger partial charge is 0.225 e. The van der Waals surface area contributed by atoms with Crippen molar-refractivity contribution in [3.63, 3.8) is 0 Å². The summed E-state index contributed by atoms with van der Waals surface area (Å²) in [5.41, 5.74) is 1.38. The first kappa shape index (κ1) is 13.0. The lowest BCUT2D eigenvalue weighted by atomic mass is 10.1. The van der Waals surface area contributed by atoms with E-state index < -0.39 is 0 Å². The highest BCUT2D eigenvalue weighted by atomic mass is 16.1. The lowest BCUT2D eigenvalue weighted by molar-refractivity contribution is 0.101. The number of anilines is 1. The van der Waals surface area contributed by atoms with E-state index in [1.807, 2.05) is 6.92 Å². The third-order valence-corrected chi connectivity index (χ3v) is 3.38. The molecule has 2 heterocycles. The minimum Gasteiger partial charge on any atom is -0.338 e. The summed E-state index contributed by atoms with van der Waals surface area (Å²) >= 11 is 0. The van der Waals surface area contributed by atoms with Crippen molar-refractivity contribution < 1.29 is 4.79 Å².